The van der Waals surface area contributed by atoms with Crippen molar-refractivity contribution in [3.05, 3.63) is 140 Å². The van der Waals surface area contributed by atoms with Crippen LogP contribution in [0.4, 0.5) is 28.4 Å². The number of nitrogens with zero attached hydrogens (tertiary/aromatic N) is 1. The summed E-state index contributed by atoms with van der Waals surface area (Å²) in [5.74, 6) is 3.24. The second-order valence-corrected chi connectivity index (χ2v) is 11.5. The summed E-state index contributed by atoms with van der Waals surface area (Å²) in [5.41, 5.74) is 4.85. The zero-order chi connectivity index (χ0) is 28.8. The van der Waals surface area contributed by atoms with E-state index in [1.807, 2.05) is 0 Å². The van der Waals surface area contributed by atoms with E-state index in [1.165, 1.54) is 0 Å². The lowest BCUT2D eigenvalue weighted by atomic mass is 9.99. The highest BCUT2D eigenvalue weighted by atomic mass is 16.5. The topological polar surface area (TPSA) is 33.7 Å². The van der Waals surface area contributed by atoms with Crippen molar-refractivity contribution in [2.24, 2.45) is 0 Å². The summed E-state index contributed by atoms with van der Waals surface area (Å²) in [6.07, 6.45) is 0. The summed E-state index contributed by atoms with van der Waals surface area (Å²) in [4.78, 5) is 2.36. The zero-order valence-electron chi connectivity index (χ0n) is 23.5. The maximum atomic E-state index is 6.72. The smallest absolute Gasteiger partial charge is 0.153 e. The third-order valence-electron chi connectivity index (χ3n) is 8.89. The van der Waals surface area contributed by atoms with Gasteiger partial charge in [0.1, 0.15) is 5.69 Å². The molecule has 1 N–H and O–H groups in total. The van der Waals surface area contributed by atoms with Crippen LogP contribution in [-0.2, 0) is 0 Å². The van der Waals surface area contributed by atoms with E-state index in [-0.39, 0.29) is 0 Å². The Kier molecular flexibility index (Phi) is 4.69. The molecule has 44 heavy (non-hydrogen) atoms. The van der Waals surface area contributed by atoms with Crippen molar-refractivity contribution in [2.45, 2.75) is 0 Å². The molecule has 0 aromatic heterocycles. The summed E-state index contributed by atoms with van der Waals surface area (Å²) in [6, 6.07) is 49.0. The van der Waals surface area contributed by atoms with Crippen LogP contribution in [-0.4, -0.2) is 0 Å². The van der Waals surface area contributed by atoms with Crippen LogP contribution in [0.1, 0.15) is 0 Å². The molecule has 10 rings (SSSR count). The third kappa shape index (κ3) is 3.39. The van der Waals surface area contributed by atoms with Gasteiger partial charge in [-0.25, -0.2) is 0 Å². The van der Waals surface area contributed by atoms with Crippen LogP contribution in [0, 0.1) is 0 Å². The van der Waals surface area contributed by atoms with E-state index in [9.17, 15) is 0 Å². The first kappa shape index (κ1) is 23.6. The van der Waals surface area contributed by atoms with Crippen molar-refractivity contribution in [2.75, 3.05) is 10.2 Å². The Hall–Kier alpha value is -6.00. The minimum Gasteiger partial charge on any atom is -0.453 e. The van der Waals surface area contributed by atoms with Gasteiger partial charge in [-0.15, -0.1) is 0 Å². The summed E-state index contributed by atoms with van der Waals surface area (Å²) < 4.78 is 13.4. The van der Waals surface area contributed by atoms with Crippen LogP contribution >= 0.6 is 0 Å². The molecule has 2 heterocycles. The molecule has 0 atom stereocenters. The first-order valence-electron chi connectivity index (χ1n) is 14.8. The molecule has 0 fully saturated rings. The second kappa shape index (κ2) is 8.76. The van der Waals surface area contributed by atoms with Crippen LogP contribution in [0.5, 0.6) is 23.0 Å². The Labute approximate surface area is 253 Å². The number of rotatable bonds is 1. The van der Waals surface area contributed by atoms with E-state index in [0.717, 1.165) is 94.5 Å². The molecule has 4 nitrogen and oxygen atoms in total. The highest BCUT2D eigenvalue weighted by Crippen LogP contribution is 2.59. The maximum absolute atomic E-state index is 6.72. The van der Waals surface area contributed by atoms with Crippen LogP contribution in [0.3, 0.4) is 0 Å². The molecule has 8 aromatic rings. The van der Waals surface area contributed by atoms with Gasteiger partial charge in [0.15, 0.2) is 23.0 Å². The second-order valence-electron chi connectivity index (χ2n) is 11.5. The number of nitrogens with one attached hydrogen (secondary N) is 1. The fourth-order valence-corrected chi connectivity index (χ4v) is 6.81. The highest BCUT2D eigenvalue weighted by molar-refractivity contribution is 6.12. The largest absolute Gasteiger partial charge is 0.453 e. The van der Waals surface area contributed by atoms with E-state index < -0.39 is 0 Å². The van der Waals surface area contributed by atoms with Crippen molar-refractivity contribution in [1.82, 2.24) is 0 Å². The van der Waals surface area contributed by atoms with Gasteiger partial charge in [0, 0.05) is 5.39 Å². The molecule has 0 saturated heterocycles. The van der Waals surface area contributed by atoms with Crippen molar-refractivity contribution in [3.8, 4) is 23.0 Å². The lowest BCUT2D eigenvalue weighted by Gasteiger charge is -2.37. The summed E-state index contributed by atoms with van der Waals surface area (Å²) in [5, 5.41) is 12.9. The number of fused-ring (bicyclic) bond motifs is 8. The van der Waals surface area contributed by atoms with Gasteiger partial charge in [-0.05, 0) is 80.2 Å². The highest BCUT2D eigenvalue weighted by Gasteiger charge is 2.33. The Morgan fingerprint density at radius 1 is 0.409 bits per heavy atom. The van der Waals surface area contributed by atoms with E-state index >= 15 is 0 Å². The van der Waals surface area contributed by atoms with Crippen molar-refractivity contribution >= 4 is 71.5 Å². The Balaban J connectivity index is 1.30. The van der Waals surface area contributed by atoms with Crippen LogP contribution in [0.25, 0.3) is 43.1 Å². The summed E-state index contributed by atoms with van der Waals surface area (Å²) in [7, 11) is 0. The standard InChI is InChI=1S/C40H24N2O2/c1-4-12-27-20-35-32(17-24(27)9-1)41-39-38(43-35)23-30-15-7-8-16-31(30)40(39)42-33-18-25-10-2-5-13-28(25)21-36(33)44-37-22-29-14-6-3-11-26(29)19-34(37)42/h1-23,41H. The van der Waals surface area contributed by atoms with Crippen molar-refractivity contribution in [1.29, 1.82) is 0 Å². The molecule has 2 aliphatic heterocycles. The molecule has 4 heteroatoms. The quantitative estimate of drug-likeness (QED) is 0.215. The van der Waals surface area contributed by atoms with E-state index in [4.69, 9.17) is 9.47 Å². The molecule has 0 amide bonds. The Morgan fingerprint density at radius 2 is 0.841 bits per heavy atom. The predicted molar refractivity (Wildman–Crippen MR) is 181 cm³/mol. The van der Waals surface area contributed by atoms with Gasteiger partial charge in [0.2, 0.25) is 0 Å². The van der Waals surface area contributed by atoms with Crippen LogP contribution in [0.2, 0.25) is 0 Å². The van der Waals surface area contributed by atoms with Gasteiger partial charge in [-0.3, -0.25) is 0 Å². The third-order valence-corrected chi connectivity index (χ3v) is 8.89. The van der Waals surface area contributed by atoms with Gasteiger partial charge < -0.3 is 19.7 Å². The number of ether oxygens (including phenoxy) is 2. The van der Waals surface area contributed by atoms with Crippen molar-refractivity contribution in [3.63, 3.8) is 0 Å². The number of anilines is 5. The molecule has 2 aliphatic rings. The molecule has 8 aromatic carbocycles. The van der Waals surface area contributed by atoms with Gasteiger partial charge in [0.25, 0.3) is 0 Å². The van der Waals surface area contributed by atoms with Gasteiger partial charge in [-0.1, -0.05) is 97.1 Å². The van der Waals surface area contributed by atoms with Crippen molar-refractivity contribution < 1.29 is 9.47 Å². The average Bonchev–Trinajstić information content (AvgIpc) is 3.06. The van der Waals surface area contributed by atoms with Gasteiger partial charge in [0.05, 0.1) is 22.7 Å². The van der Waals surface area contributed by atoms with E-state index in [2.05, 4.69) is 150 Å². The molecule has 0 bridgehead atoms. The maximum Gasteiger partial charge on any atom is 0.153 e. The van der Waals surface area contributed by atoms with Gasteiger partial charge >= 0.3 is 0 Å². The fraction of sp³-hybridized carbons (Fsp3) is 0. The lowest BCUT2D eigenvalue weighted by Crippen LogP contribution is -2.18. The molecule has 0 spiro atoms. The molecule has 0 saturated carbocycles. The molecule has 206 valence electrons. The number of hydrogen-bond acceptors (Lipinski definition) is 4. The normalized spacial score (nSPS) is 13.0. The van der Waals surface area contributed by atoms with E-state index in [0.29, 0.717) is 0 Å². The predicted octanol–water partition coefficient (Wildman–Crippen LogP) is 11.7. The molecule has 0 unspecified atom stereocenters. The minimum atomic E-state index is 0.789. The molecular formula is C40H24N2O2. The molecule has 0 radical (unpaired) electrons. The first-order valence-corrected chi connectivity index (χ1v) is 14.8. The lowest BCUT2D eigenvalue weighted by molar-refractivity contribution is 0.477. The summed E-state index contributed by atoms with van der Waals surface area (Å²) in [6.45, 7) is 0. The number of hydrogen-bond donors (Lipinski definition) is 1. The zero-order valence-corrected chi connectivity index (χ0v) is 23.5. The molecule has 0 aliphatic carbocycles. The Bertz CT molecular complexity index is 2420. The summed E-state index contributed by atoms with van der Waals surface area (Å²) >= 11 is 0. The fourth-order valence-electron chi connectivity index (χ4n) is 6.81. The molecular weight excluding hydrogens is 540 g/mol. The van der Waals surface area contributed by atoms with E-state index in [1.54, 1.807) is 0 Å². The monoisotopic (exact) mass is 564 g/mol. The number of benzene rings is 8. The van der Waals surface area contributed by atoms with Crippen LogP contribution < -0.4 is 19.7 Å². The minimum absolute atomic E-state index is 0.789. The SMILES string of the molecule is c1ccc2cc3c(cc2c1)Nc1c(cc2ccccc2c1N1c2cc4ccccc4cc2Oc2cc4ccccc4cc21)O3. The van der Waals surface area contributed by atoms with Crippen LogP contribution in [0.15, 0.2) is 140 Å². The average molecular weight is 565 g/mol. The van der Waals surface area contributed by atoms with Gasteiger partial charge in [-0.2, -0.15) is 0 Å². The first-order chi connectivity index (χ1) is 21.8. The Morgan fingerprint density at radius 3 is 1.43 bits per heavy atom.